The first-order valence-corrected chi connectivity index (χ1v) is 9.73. The summed E-state index contributed by atoms with van der Waals surface area (Å²) in [6.07, 6.45) is 8.50. The predicted molar refractivity (Wildman–Crippen MR) is 113 cm³/mol. The van der Waals surface area contributed by atoms with Gasteiger partial charge in [0.15, 0.2) is 23.1 Å². The molecule has 0 aromatic rings. The van der Waals surface area contributed by atoms with E-state index >= 15 is 0 Å². The Balaban J connectivity index is 0.000000562. The maximum absolute atomic E-state index is 11.4. The first kappa shape index (κ1) is 28.4. The van der Waals surface area contributed by atoms with Crippen LogP contribution in [0.5, 0.6) is 0 Å². The third kappa shape index (κ3) is 9.36. The van der Waals surface area contributed by atoms with E-state index in [0.717, 1.165) is 0 Å². The van der Waals surface area contributed by atoms with Crippen molar-refractivity contribution in [3.63, 3.8) is 0 Å². The Kier molecular flexibility index (Phi) is 12.5. The van der Waals surface area contributed by atoms with Crippen LogP contribution < -0.4 is 0 Å². The van der Waals surface area contributed by atoms with E-state index in [1.54, 1.807) is 50.4 Å². The molecule has 0 aromatic heterocycles. The van der Waals surface area contributed by atoms with Crippen molar-refractivity contribution in [3.05, 3.63) is 47.2 Å². The van der Waals surface area contributed by atoms with Crippen molar-refractivity contribution in [1.82, 2.24) is 9.80 Å². The standard InChI is InChI=1S/2C11H15NO3.Cu/c2*1-12(2)7-6-10(15)11-8(13)4-3-5-9(11)14;/h2*6-7,15H,3-5H2,1-2H3;/b2*7-6+;. The van der Waals surface area contributed by atoms with Crippen LogP contribution in [0.4, 0.5) is 0 Å². The Morgan fingerprint density at radius 1 is 0.645 bits per heavy atom. The zero-order valence-corrected chi connectivity index (χ0v) is 19.2. The predicted octanol–water partition coefficient (Wildman–Crippen LogP) is 2.39. The van der Waals surface area contributed by atoms with Gasteiger partial charge in [-0.2, -0.15) is 0 Å². The summed E-state index contributed by atoms with van der Waals surface area (Å²) in [7, 11) is 7.16. The third-order valence-electron chi connectivity index (χ3n) is 4.30. The van der Waals surface area contributed by atoms with Crippen molar-refractivity contribution in [1.29, 1.82) is 0 Å². The summed E-state index contributed by atoms with van der Waals surface area (Å²) in [6, 6.07) is 0. The van der Waals surface area contributed by atoms with Crippen LogP contribution in [-0.4, -0.2) is 71.3 Å². The molecule has 2 N–H and O–H groups in total. The molecule has 175 valence electrons. The Labute approximate surface area is 193 Å². The Morgan fingerprint density at radius 2 is 0.903 bits per heavy atom. The number of hydrogen-bond acceptors (Lipinski definition) is 8. The fourth-order valence-corrected chi connectivity index (χ4v) is 2.81. The van der Waals surface area contributed by atoms with E-state index in [9.17, 15) is 29.4 Å². The van der Waals surface area contributed by atoms with Crippen LogP contribution in [0, 0.1) is 0 Å². The van der Waals surface area contributed by atoms with Crippen molar-refractivity contribution < 1.29 is 46.5 Å². The van der Waals surface area contributed by atoms with Gasteiger partial charge in [0.25, 0.3) is 0 Å². The van der Waals surface area contributed by atoms with Gasteiger partial charge < -0.3 is 20.0 Å². The monoisotopic (exact) mass is 481 g/mol. The van der Waals surface area contributed by atoms with Gasteiger partial charge in [-0.3, -0.25) is 19.2 Å². The molecule has 8 nitrogen and oxygen atoms in total. The largest absolute Gasteiger partial charge is 0.507 e. The number of aliphatic hydroxyl groups is 2. The topological polar surface area (TPSA) is 115 Å². The van der Waals surface area contributed by atoms with E-state index in [-0.39, 0.29) is 62.9 Å². The zero-order valence-electron chi connectivity index (χ0n) is 18.3. The maximum Gasteiger partial charge on any atom is 0.170 e. The van der Waals surface area contributed by atoms with Gasteiger partial charge in [0.05, 0.1) is 0 Å². The van der Waals surface area contributed by atoms with Crippen LogP contribution in [0.15, 0.2) is 47.2 Å². The number of aliphatic hydroxyl groups excluding tert-OH is 2. The van der Waals surface area contributed by atoms with E-state index < -0.39 is 0 Å². The molecular weight excluding hydrogens is 452 g/mol. The van der Waals surface area contributed by atoms with Crippen LogP contribution in [-0.2, 0) is 36.2 Å². The zero-order chi connectivity index (χ0) is 22.8. The van der Waals surface area contributed by atoms with Crippen LogP contribution in [0.3, 0.4) is 0 Å². The summed E-state index contributed by atoms with van der Waals surface area (Å²) >= 11 is 0. The SMILES string of the molecule is CN(C)/C=C/C(O)=C1C(=O)CCCC1=O.CN(C)/C=C/C(O)=C1C(=O)CCCC1=O.[Cu]. The second-order valence-electron chi connectivity index (χ2n) is 7.48. The Bertz CT molecular complexity index is 718. The van der Waals surface area contributed by atoms with Crippen molar-refractivity contribution in [2.45, 2.75) is 38.5 Å². The van der Waals surface area contributed by atoms with Crippen molar-refractivity contribution in [2.24, 2.45) is 0 Å². The van der Waals surface area contributed by atoms with E-state index in [4.69, 9.17) is 0 Å². The van der Waals surface area contributed by atoms with Gasteiger partial charge in [-0.15, -0.1) is 0 Å². The number of rotatable bonds is 4. The number of carbonyl (C=O) groups is 4. The van der Waals surface area contributed by atoms with Gasteiger partial charge in [-0.05, 0) is 25.0 Å². The number of hydrogen-bond donors (Lipinski definition) is 2. The molecule has 2 fully saturated rings. The van der Waals surface area contributed by atoms with Crippen LogP contribution in [0.25, 0.3) is 0 Å². The molecule has 0 bridgehead atoms. The van der Waals surface area contributed by atoms with E-state index in [1.165, 1.54) is 12.2 Å². The van der Waals surface area contributed by atoms with Gasteiger partial charge >= 0.3 is 0 Å². The molecule has 1 radical (unpaired) electrons. The Hall–Kier alpha value is -2.64. The molecule has 2 aliphatic rings. The molecule has 0 atom stereocenters. The quantitative estimate of drug-likeness (QED) is 0.272. The minimum absolute atomic E-state index is 0. The van der Waals surface area contributed by atoms with E-state index in [0.29, 0.717) is 38.5 Å². The second kappa shape index (κ2) is 13.6. The molecule has 0 aliphatic heterocycles. The molecule has 0 aromatic carbocycles. The molecule has 2 rings (SSSR count). The number of nitrogens with zero attached hydrogens (tertiary/aromatic N) is 2. The molecule has 0 spiro atoms. The molecule has 9 heteroatoms. The van der Waals surface area contributed by atoms with Crippen LogP contribution in [0.2, 0.25) is 0 Å². The third-order valence-corrected chi connectivity index (χ3v) is 4.30. The van der Waals surface area contributed by atoms with Gasteiger partial charge in [0, 0.05) is 83.3 Å². The molecule has 0 amide bonds. The number of allylic oxidation sites excluding steroid dienone is 4. The minimum Gasteiger partial charge on any atom is -0.507 e. The number of ketones is 4. The molecular formula is C22H30CuN2O6. The fraction of sp³-hybridized carbons (Fsp3) is 0.455. The fourth-order valence-electron chi connectivity index (χ4n) is 2.81. The van der Waals surface area contributed by atoms with Gasteiger partial charge in [-0.25, -0.2) is 0 Å². The molecule has 0 saturated heterocycles. The van der Waals surface area contributed by atoms with Crippen molar-refractivity contribution in [3.8, 4) is 0 Å². The van der Waals surface area contributed by atoms with Crippen molar-refractivity contribution >= 4 is 23.1 Å². The number of carbonyl (C=O) groups excluding carboxylic acids is 4. The summed E-state index contributed by atoms with van der Waals surface area (Å²) in [4.78, 5) is 49.1. The summed E-state index contributed by atoms with van der Waals surface area (Å²) in [5.74, 6) is -1.48. The van der Waals surface area contributed by atoms with Crippen LogP contribution in [0.1, 0.15) is 38.5 Å². The van der Waals surface area contributed by atoms with Crippen LogP contribution >= 0.6 is 0 Å². The summed E-state index contributed by atoms with van der Waals surface area (Å²) in [5, 5.41) is 19.2. The Morgan fingerprint density at radius 3 is 1.13 bits per heavy atom. The van der Waals surface area contributed by atoms with E-state index in [2.05, 4.69) is 0 Å². The summed E-state index contributed by atoms with van der Waals surface area (Å²) < 4.78 is 0. The average Bonchev–Trinajstić information content (AvgIpc) is 2.65. The van der Waals surface area contributed by atoms with E-state index in [1.807, 2.05) is 0 Å². The molecule has 31 heavy (non-hydrogen) atoms. The smallest absolute Gasteiger partial charge is 0.170 e. The molecule has 0 heterocycles. The summed E-state index contributed by atoms with van der Waals surface area (Å²) in [5.41, 5.74) is -0.0845. The van der Waals surface area contributed by atoms with Crippen molar-refractivity contribution in [2.75, 3.05) is 28.2 Å². The normalized spacial score (nSPS) is 16.8. The maximum atomic E-state index is 11.4. The first-order valence-electron chi connectivity index (χ1n) is 9.73. The van der Waals surface area contributed by atoms with Gasteiger partial charge in [0.1, 0.15) is 22.7 Å². The minimum atomic E-state index is -0.257. The molecule has 2 aliphatic carbocycles. The molecule has 0 unspecified atom stereocenters. The first-order chi connectivity index (χ1) is 14.0. The summed E-state index contributed by atoms with van der Waals surface area (Å²) in [6.45, 7) is 0. The average molecular weight is 482 g/mol. The number of Topliss-reactive ketones (excluding diaryl/α,β-unsaturated/α-hetero) is 4. The van der Waals surface area contributed by atoms with Gasteiger partial charge in [0.2, 0.25) is 0 Å². The van der Waals surface area contributed by atoms with Gasteiger partial charge in [-0.1, -0.05) is 0 Å². The second-order valence-corrected chi connectivity index (χ2v) is 7.48. The molecule has 2 saturated carbocycles.